The van der Waals surface area contributed by atoms with Crippen LogP contribution in [0.1, 0.15) is 0 Å². The van der Waals surface area contributed by atoms with Crippen molar-refractivity contribution >= 4 is 10.9 Å². The molecule has 3 nitrogen and oxygen atoms in total. The van der Waals surface area contributed by atoms with Crippen LogP contribution in [0.2, 0.25) is 0 Å². The molecule has 0 amide bonds. The molecule has 0 saturated carbocycles. The van der Waals surface area contributed by atoms with E-state index in [-0.39, 0.29) is 5.56 Å². The summed E-state index contributed by atoms with van der Waals surface area (Å²) in [6.07, 6.45) is 1.16. The van der Waals surface area contributed by atoms with E-state index in [0.29, 0.717) is 21.3 Å². The van der Waals surface area contributed by atoms with Gasteiger partial charge in [-0.1, -0.05) is 24.3 Å². The molecule has 3 rings (SSSR count). The molecular weight excluding hydrogens is 231 g/mol. The number of para-hydroxylation sites is 1. The third-order valence-electron chi connectivity index (χ3n) is 2.81. The Morgan fingerprint density at radius 2 is 1.72 bits per heavy atom. The van der Waals surface area contributed by atoms with Crippen LogP contribution in [0.5, 0.6) is 0 Å². The molecule has 3 aromatic rings. The van der Waals surface area contributed by atoms with Crippen LogP contribution in [0.15, 0.2) is 54.9 Å². The summed E-state index contributed by atoms with van der Waals surface area (Å²) in [6, 6.07) is 13.4. The molecule has 0 radical (unpaired) electrons. The minimum absolute atomic E-state index is 0.283. The maximum Gasteiger partial charge on any atom is 0.290 e. The van der Waals surface area contributed by atoms with Gasteiger partial charge in [0.2, 0.25) is 0 Å². The Hall–Kier alpha value is -2.49. The first-order valence-electron chi connectivity index (χ1n) is 5.49. The van der Waals surface area contributed by atoms with Crippen LogP contribution in [0.25, 0.3) is 22.2 Å². The molecule has 0 unspecified atom stereocenters. The molecule has 0 aliphatic carbocycles. The number of rotatable bonds is 1. The highest BCUT2D eigenvalue weighted by molar-refractivity contribution is 5.90. The fourth-order valence-electron chi connectivity index (χ4n) is 1.99. The molecule has 0 bridgehead atoms. The largest absolute Gasteiger partial charge is 0.710 e. The van der Waals surface area contributed by atoms with Crippen molar-refractivity contribution < 1.29 is 9.12 Å². The molecule has 88 valence electrons. The molecule has 0 spiro atoms. The van der Waals surface area contributed by atoms with Crippen molar-refractivity contribution in [3.8, 4) is 11.3 Å². The highest BCUT2D eigenvalue weighted by Crippen LogP contribution is 2.25. The van der Waals surface area contributed by atoms with E-state index in [0.717, 1.165) is 6.33 Å². The van der Waals surface area contributed by atoms with Crippen molar-refractivity contribution in [1.82, 2.24) is 4.98 Å². The average molecular weight is 240 g/mol. The van der Waals surface area contributed by atoms with Gasteiger partial charge >= 0.3 is 0 Å². The van der Waals surface area contributed by atoms with Gasteiger partial charge in [0.1, 0.15) is 5.82 Å². The zero-order valence-electron chi connectivity index (χ0n) is 9.38. The minimum atomic E-state index is -0.418. The fraction of sp³-hybridized carbons (Fsp3) is 0. The lowest BCUT2D eigenvalue weighted by Crippen LogP contribution is -2.30. The van der Waals surface area contributed by atoms with Crippen molar-refractivity contribution in [2.75, 3.05) is 0 Å². The Kier molecular flexibility index (Phi) is 2.41. The average Bonchev–Trinajstić information content (AvgIpc) is 2.40. The molecule has 0 N–H and O–H groups in total. The van der Waals surface area contributed by atoms with Gasteiger partial charge in [-0.05, 0) is 29.2 Å². The predicted octanol–water partition coefficient (Wildman–Crippen LogP) is 2.67. The minimum Gasteiger partial charge on any atom is -0.710 e. The second-order valence-corrected chi connectivity index (χ2v) is 3.92. The standard InChI is InChI=1S/C14H9FN2O/c15-12-7-3-1-5-10(12)14-11-6-2-4-8-13(11)16-9-17(14)18/h1-9H. The summed E-state index contributed by atoms with van der Waals surface area (Å²) in [4.78, 5) is 4.02. The fourth-order valence-corrected chi connectivity index (χ4v) is 1.99. The smallest absolute Gasteiger partial charge is 0.290 e. The summed E-state index contributed by atoms with van der Waals surface area (Å²) < 4.78 is 14.4. The molecule has 0 fully saturated rings. The molecule has 0 aliphatic heterocycles. The number of benzene rings is 2. The second-order valence-electron chi connectivity index (χ2n) is 3.92. The van der Waals surface area contributed by atoms with E-state index < -0.39 is 5.82 Å². The summed E-state index contributed by atoms with van der Waals surface area (Å²) in [5.74, 6) is -0.418. The lowest BCUT2D eigenvalue weighted by atomic mass is 10.1. The molecular formula is C14H9FN2O. The van der Waals surface area contributed by atoms with Crippen molar-refractivity contribution in [3.63, 3.8) is 0 Å². The number of hydrogen-bond donors (Lipinski definition) is 0. The molecule has 4 heteroatoms. The van der Waals surface area contributed by atoms with Crippen LogP contribution in [-0.4, -0.2) is 4.98 Å². The van der Waals surface area contributed by atoms with Gasteiger partial charge in [-0.2, -0.15) is 0 Å². The molecule has 0 atom stereocenters. The maximum absolute atomic E-state index is 13.8. The van der Waals surface area contributed by atoms with Crippen LogP contribution < -0.4 is 4.73 Å². The maximum atomic E-state index is 13.8. The summed E-state index contributed by atoms with van der Waals surface area (Å²) in [6.45, 7) is 0. The number of fused-ring (bicyclic) bond motifs is 1. The number of aromatic nitrogens is 2. The molecule has 18 heavy (non-hydrogen) atoms. The molecule has 1 aromatic heterocycles. The Bertz CT molecular complexity index is 728. The van der Waals surface area contributed by atoms with Gasteiger partial charge < -0.3 is 5.21 Å². The van der Waals surface area contributed by atoms with Gasteiger partial charge in [-0.3, -0.25) is 0 Å². The lowest BCUT2D eigenvalue weighted by Gasteiger charge is -2.10. The topological polar surface area (TPSA) is 39.8 Å². The molecule has 2 aromatic carbocycles. The zero-order valence-corrected chi connectivity index (χ0v) is 9.38. The quantitative estimate of drug-likeness (QED) is 0.484. The van der Waals surface area contributed by atoms with Crippen molar-refractivity contribution in [2.45, 2.75) is 0 Å². The zero-order chi connectivity index (χ0) is 12.5. The SMILES string of the molecule is [O-][n+]1cnc2ccccc2c1-c1ccccc1F. The lowest BCUT2D eigenvalue weighted by molar-refractivity contribution is -0.595. The normalized spacial score (nSPS) is 10.7. The summed E-state index contributed by atoms with van der Waals surface area (Å²) in [7, 11) is 0. The third kappa shape index (κ3) is 1.59. The highest BCUT2D eigenvalue weighted by Gasteiger charge is 2.15. The second kappa shape index (κ2) is 4.07. The number of hydrogen-bond acceptors (Lipinski definition) is 2. The first-order chi connectivity index (χ1) is 8.77. The van der Waals surface area contributed by atoms with Crippen LogP contribution in [-0.2, 0) is 0 Å². The Morgan fingerprint density at radius 3 is 2.56 bits per heavy atom. The van der Waals surface area contributed by atoms with Crippen molar-refractivity contribution in [1.29, 1.82) is 0 Å². The monoisotopic (exact) mass is 240 g/mol. The summed E-state index contributed by atoms with van der Waals surface area (Å²) in [5.41, 5.74) is 1.24. The van der Waals surface area contributed by atoms with Gasteiger partial charge in [-0.25, -0.2) is 9.12 Å². The summed E-state index contributed by atoms with van der Waals surface area (Å²) >= 11 is 0. The number of nitrogens with zero attached hydrogens (tertiary/aromatic N) is 2. The predicted molar refractivity (Wildman–Crippen MR) is 66.1 cm³/mol. The third-order valence-corrected chi connectivity index (χ3v) is 2.81. The van der Waals surface area contributed by atoms with Gasteiger partial charge in [0.25, 0.3) is 6.33 Å². The van der Waals surface area contributed by atoms with E-state index in [2.05, 4.69) is 4.98 Å². The van der Waals surface area contributed by atoms with Crippen LogP contribution >= 0.6 is 0 Å². The summed E-state index contributed by atoms with van der Waals surface area (Å²) in [5, 5.41) is 12.5. The van der Waals surface area contributed by atoms with Crippen LogP contribution in [0, 0.1) is 11.0 Å². The van der Waals surface area contributed by atoms with E-state index >= 15 is 0 Å². The first kappa shape index (κ1) is 10.7. The van der Waals surface area contributed by atoms with E-state index in [1.165, 1.54) is 6.07 Å². The Balaban J connectivity index is 2.42. The molecule has 0 saturated heterocycles. The van der Waals surface area contributed by atoms with Crippen LogP contribution in [0.3, 0.4) is 0 Å². The van der Waals surface area contributed by atoms with E-state index in [9.17, 15) is 9.60 Å². The Labute approximate surface area is 103 Å². The van der Waals surface area contributed by atoms with Crippen molar-refractivity contribution in [2.24, 2.45) is 0 Å². The van der Waals surface area contributed by atoms with Gasteiger partial charge in [0, 0.05) is 0 Å². The van der Waals surface area contributed by atoms with Gasteiger partial charge in [-0.15, -0.1) is 0 Å². The highest BCUT2D eigenvalue weighted by atomic mass is 19.1. The van der Waals surface area contributed by atoms with Gasteiger partial charge in [0.05, 0.1) is 10.9 Å². The number of halogens is 1. The Morgan fingerprint density at radius 1 is 1.00 bits per heavy atom. The van der Waals surface area contributed by atoms with Crippen molar-refractivity contribution in [3.05, 3.63) is 65.9 Å². The van der Waals surface area contributed by atoms with E-state index in [1.54, 1.807) is 36.4 Å². The molecule has 1 heterocycles. The molecule has 0 aliphatic rings. The van der Waals surface area contributed by atoms with E-state index in [1.807, 2.05) is 6.07 Å². The first-order valence-corrected chi connectivity index (χ1v) is 5.49. The van der Waals surface area contributed by atoms with Crippen LogP contribution in [0.4, 0.5) is 4.39 Å². The van der Waals surface area contributed by atoms with E-state index in [4.69, 9.17) is 0 Å². The van der Waals surface area contributed by atoms with Gasteiger partial charge in [0.15, 0.2) is 11.2 Å².